The van der Waals surface area contributed by atoms with Gasteiger partial charge in [-0.3, -0.25) is 9.59 Å². The zero-order valence-electron chi connectivity index (χ0n) is 19.9. The number of hydrogen-bond donors (Lipinski definition) is 3. The van der Waals surface area contributed by atoms with Crippen LogP contribution in [0.15, 0.2) is 72.8 Å². The third-order valence-corrected chi connectivity index (χ3v) is 6.48. The molecule has 1 aliphatic rings. The highest BCUT2D eigenvalue weighted by atomic mass is 16.5. The highest BCUT2D eigenvalue weighted by molar-refractivity contribution is 5.96. The first kappa shape index (κ1) is 24.0. The molecule has 1 unspecified atom stereocenters. The molecule has 2 amide bonds. The van der Waals surface area contributed by atoms with Crippen molar-refractivity contribution < 1.29 is 24.2 Å². The van der Waals surface area contributed by atoms with E-state index in [-0.39, 0.29) is 12.5 Å². The molecule has 0 bridgehead atoms. The predicted octanol–water partition coefficient (Wildman–Crippen LogP) is 4.91. The predicted molar refractivity (Wildman–Crippen MR) is 133 cm³/mol. The third-order valence-electron chi connectivity index (χ3n) is 6.48. The Kier molecular flexibility index (Phi) is 6.60. The van der Waals surface area contributed by atoms with Crippen LogP contribution in [0.5, 0.6) is 0 Å². The lowest BCUT2D eigenvalue weighted by molar-refractivity contribution is -0.142. The maximum Gasteiger partial charge on any atom is 0.407 e. The van der Waals surface area contributed by atoms with Crippen molar-refractivity contribution in [1.29, 1.82) is 0 Å². The van der Waals surface area contributed by atoms with Crippen molar-refractivity contribution in [2.45, 2.75) is 38.1 Å². The molecule has 3 N–H and O–H groups in total. The topological polar surface area (TPSA) is 105 Å². The van der Waals surface area contributed by atoms with Crippen LogP contribution in [0.3, 0.4) is 0 Å². The van der Waals surface area contributed by atoms with Gasteiger partial charge in [-0.1, -0.05) is 60.7 Å². The van der Waals surface area contributed by atoms with E-state index in [9.17, 15) is 19.5 Å². The fourth-order valence-corrected chi connectivity index (χ4v) is 4.23. The maximum atomic E-state index is 12.6. The smallest absolute Gasteiger partial charge is 0.407 e. The average Bonchev–Trinajstić information content (AvgIpc) is 3.16. The first-order chi connectivity index (χ1) is 16.7. The third kappa shape index (κ3) is 4.89. The Labute approximate surface area is 204 Å². The molecule has 180 valence electrons. The van der Waals surface area contributed by atoms with Crippen LogP contribution >= 0.6 is 0 Å². The summed E-state index contributed by atoms with van der Waals surface area (Å²) >= 11 is 0. The molecule has 4 rings (SSSR count). The summed E-state index contributed by atoms with van der Waals surface area (Å²) in [6.07, 6.45) is -0.673. The first-order valence-corrected chi connectivity index (χ1v) is 11.4. The Morgan fingerprint density at radius 1 is 0.914 bits per heavy atom. The number of anilines is 1. The van der Waals surface area contributed by atoms with Gasteiger partial charge in [0.15, 0.2) is 0 Å². The van der Waals surface area contributed by atoms with Gasteiger partial charge in [-0.05, 0) is 60.7 Å². The minimum absolute atomic E-state index is 0.0640. The second-order valence-corrected chi connectivity index (χ2v) is 9.19. The highest BCUT2D eigenvalue weighted by Gasteiger charge is 2.30. The molecule has 0 aliphatic heterocycles. The van der Waals surface area contributed by atoms with Crippen LogP contribution in [0.25, 0.3) is 11.1 Å². The zero-order valence-corrected chi connectivity index (χ0v) is 19.9. The van der Waals surface area contributed by atoms with Crippen molar-refractivity contribution in [3.05, 3.63) is 89.5 Å². The van der Waals surface area contributed by atoms with Crippen LogP contribution in [-0.4, -0.2) is 35.7 Å². The second-order valence-electron chi connectivity index (χ2n) is 9.19. The minimum Gasteiger partial charge on any atom is -0.481 e. The molecule has 3 aromatic carbocycles. The molecular formula is C28H28N2O5. The molecule has 0 spiro atoms. The standard InChI is InChI=1S/C28H28N2O5/c1-17(25(31)30-19-14-12-18(13-15-19)28(2,3)26(32)33)29-27(34)35-16-24-22-10-6-4-8-20(22)21-9-5-7-11-23(21)24/h4-15,17,24H,16H2,1-3H3,(H,29,34)(H,30,31)(H,32,33). The van der Waals surface area contributed by atoms with Crippen LogP contribution in [0.1, 0.15) is 43.4 Å². The van der Waals surface area contributed by atoms with Crippen LogP contribution in [0.2, 0.25) is 0 Å². The van der Waals surface area contributed by atoms with Gasteiger partial charge in [0.1, 0.15) is 12.6 Å². The van der Waals surface area contributed by atoms with E-state index >= 15 is 0 Å². The molecule has 0 saturated heterocycles. The van der Waals surface area contributed by atoms with Crippen molar-refractivity contribution in [2.24, 2.45) is 0 Å². The Bertz CT molecular complexity index is 1220. The number of hydrogen-bond acceptors (Lipinski definition) is 4. The number of carbonyl (C=O) groups excluding carboxylic acids is 2. The van der Waals surface area contributed by atoms with Crippen molar-refractivity contribution in [3.8, 4) is 11.1 Å². The van der Waals surface area contributed by atoms with E-state index in [1.54, 1.807) is 45.0 Å². The van der Waals surface area contributed by atoms with Crippen molar-refractivity contribution >= 4 is 23.7 Å². The molecule has 0 saturated carbocycles. The highest BCUT2D eigenvalue weighted by Crippen LogP contribution is 2.44. The molecule has 3 aromatic rings. The number of alkyl carbamates (subject to hydrolysis) is 1. The van der Waals surface area contributed by atoms with E-state index in [1.165, 1.54) is 0 Å². The van der Waals surface area contributed by atoms with Crippen molar-refractivity contribution in [3.63, 3.8) is 0 Å². The first-order valence-electron chi connectivity index (χ1n) is 11.4. The Morgan fingerprint density at radius 2 is 1.46 bits per heavy atom. The largest absolute Gasteiger partial charge is 0.481 e. The number of rotatable bonds is 7. The number of carboxylic acids is 1. The number of carboxylic acid groups (broad SMARTS) is 1. The van der Waals surface area contributed by atoms with E-state index in [0.717, 1.165) is 22.3 Å². The summed E-state index contributed by atoms with van der Waals surface area (Å²) in [5.74, 6) is -1.41. The molecule has 7 nitrogen and oxygen atoms in total. The van der Waals surface area contributed by atoms with Gasteiger partial charge in [-0.25, -0.2) is 4.79 Å². The van der Waals surface area contributed by atoms with Gasteiger partial charge in [0.2, 0.25) is 5.91 Å². The molecule has 7 heteroatoms. The number of aliphatic carboxylic acids is 1. The SMILES string of the molecule is CC(NC(=O)OCC1c2ccccc2-c2ccccc21)C(=O)Nc1ccc(C(C)(C)C(=O)O)cc1. The van der Waals surface area contributed by atoms with Crippen LogP contribution in [-0.2, 0) is 19.7 Å². The molecular weight excluding hydrogens is 444 g/mol. The Morgan fingerprint density at radius 3 is 2.00 bits per heavy atom. The molecule has 35 heavy (non-hydrogen) atoms. The van der Waals surface area contributed by atoms with Gasteiger partial charge in [-0.15, -0.1) is 0 Å². The fourth-order valence-electron chi connectivity index (χ4n) is 4.23. The molecule has 0 radical (unpaired) electrons. The fraction of sp³-hybridized carbons (Fsp3) is 0.250. The van der Waals surface area contributed by atoms with Gasteiger partial charge in [-0.2, -0.15) is 0 Å². The lowest BCUT2D eigenvalue weighted by atomic mass is 9.85. The summed E-state index contributed by atoms with van der Waals surface area (Å²) < 4.78 is 5.50. The number of nitrogens with one attached hydrogen (secondary N) is 2. The number of ether oxygens (including phenoxy) is 1. The van der Waals surface area contributed by atoms with E-state index in [2.05, 4.69) is 22.8 Å². The van der Waals surface area contributed by atoms with Gasteiger partial charge in [0.25, 0.3) is 0 Å². The Hall–Kier alpha value is -4.13. The monoisotopic (exact) mass is 472 g/mol. The molecule has 0 aromatic heterocycles. The number of benzene rings is 3. The van der Waals surface area contributed by atoms with Gasteiger partial charge < -0.3 is 20.5 Å². The molecule has 0 fully saturated rings. The normalized spacial score (nSPS) is 13.3. The quantitative estimate of drug-likeness (QED) is 0.453. The van der Waals surface area contributed by atoms with E-state index in [4.69, 9.17) is 4.74 Å². The summed E-state index contributed by atoms with van der Waals surface area (Å²) in [6, 6.07) is 21.9. The summed E-state index contributed by atoms with van der Waals surface area (Å²) in [7, 11) is 0. The van der Waals surface area contributed by atoms with Crippen LogP contribution in [0.4, 0.5) is 10.5 Å². The number of carbonyl (C=O) groups is 3. The average molecular weight is 473 g/mol. The van der Waals surface area contributed by atoms with Gasteiger partial charge in [0.05, 0.1) is 5.41 Å². The van der Waals surface area contributed by atoms with E-state index in [0.29, 0.717) is 11.3 Å². The zero-order chi connectivity index (χ0) is 25.2. The summed E-state index contributed by atoms with van der Waals surface area (Å²) in [5, 5.41) is 14.6. The molecule has 1 aliphatic carbocycles. The van der Waals surface area contributed by atoms with Crippen molar-refractivity contribution in [1.82, 2.24) is 5.32 Å². The number of amides is 2. The van der Waals surface area contributed by atoms with E-state index < -0.39 is 29.4 Å². The van der Waals surface area contributed by atoms with Crippen LogP contribution < -0.4 is 10.6 Å². The number of fused-ring (bicyclic) bond motifs is 3. The maximum absolute atomic E-state index is 12.6. The lowest BCUT2D eigenvalue weighted by Crippen LogP contribution is -2.42. The van der Waals surface area contributed by atoms with Gasteiger partial charge in [0, 0.05) is 11.6 Å². The van der Waals surface area contributed by atoms with Crippen molar-refractivity contribution in [2.75, 3.05) is 11.9 Å². The van der Waals surface area contributed by atoms with Crippen LogP contribution in [0, 0.1) is 0 Å². The van der Waals surface area contributed by atoms with Gasteiger partial charge >= 0.3 is 12.1 Å². The Balaban J connectivity index is 1.33. The molecule has 1 atom stereocenters. The summed E-state index contributed by atoms with van der Waals surface area (Å²) in [6.45, 7) is 4.96. The summed E-state index contributed by atoms with van der Waals surface area (Å²) in [5.41, 5.74) is 4.59. The minimum atomic E-state index is -1.04. The second kappa shape index (κ2) is 9.62. The van der Waals surface area contributed by atoms with E-state index in [1.807, 2.05) is 36.4 Å². The molecule has 0 heterocycles. The summed E-state index contributed by atoms with van der Waals surface area (Å²) in [4.78, 5) is 36.4. The lowest BCUT2D eigenvalue weighted by Gasteiger charge is -2.20.